The molecule has 1 aliphatic rings. The molecule has 0 aliphatic carbocycles. The number of halogens is 1. The van der Waals surface area contributed by atoms with Crippen LogP contribution in [0.3, 0.4) is 0 Å². The third kappa shape index (κ3) is 4.53. The highest BCUT2D eigenvalue weighted by atomic mass is 79.9. The zero-order valence-electron chi connectivity index (χ0n) is 14.1. The van der Waals surface area contributed by atoms with Crippen LogP contribution in [0.2, 0.25) is 0 Å². The lowest BCUT2D eigenvalue weighted by molar-refractivity contribution is 0.111. The maximum atomic E-state index is 10.5. The highest BCUT2D eigenvalue weighted by Gasteiger charge is 2.20. The molecule has 1 aliphatic heterocycles. The molecule has 0 saturated carbocycles. The lowest BCUT2D eigenvalue weighted by Gasteiger charge is -2.27. The highest BCUT2D eigenvalue weighted by Crippen LogP contribution is 2.23. The van der Waals surface area contributed by atoms with Gasteiger partial charge >= 0.3 is 0 Å². The Morgan fingerprint density at radius 2 is 2.08 bits per heavy atom. The molecule has 134 valence electrons. The summed E-state index contributed by atoms with van der Waals surface area (Å²) in [6.45, 7) is 1.67. The first kappa shape index (κ1) is 18.2. The molecule has 0 atom stereocenters. The van der Waals surface area contributed by atoms with Gasteiger partial charge in [0.1, 0.15) is 17.6 Å². The van der Waals surface area contributed by atoms with E-state index in [2.05, 4.69) is 41.5 Å². The van der Waals surface area contributed by atoms with Gasteiger partial charge in [-0.2, -0.15) is 0 Å². The fraction of sp³-hybridized carbons (Fsp3) is 0.222. The standard InChI is InChI=1S/C9H9BrN2O2.C9H9N3/c10-8-2-1-6(5-13)12-9(8)14-7-3-11-4-7;1-10-8-5-4-7-3-2-6-11-9(7)12-8/h1-2,5,7,11H,3-4H2;2-6H,1H3,(H,10,11,12). The molecule has 2 N–H and O–H groups in total. The van der Waals surface area contributed by atoms with Crippen molar-refractivity contribution < 1.29 is 9.53 Å². The number of aromatic nitrogens is 3. The molecule has 0 spiro atoms. The Hall–Kier alpha value is -2.58. The van der Waals surface area contributed by atoms with Crippen molar-refractivity contribution in [3.05, 3.63) is 52.8 Å². The summed E-state index contributed by atoms with van der Waals surface area (Å²) in [6.07, 6.45) is 2.62. The Morgan fingerprint density at radius 3 is 2.77 bits per heavy atom. The van der Waals surface area contributed by atoms with Crippen molar-refractivity contribution in [2.45, 2.75) is 6.10 Å². The number of aldehydes is 1. The van der Waals surface area contributed by atoms with Gasteiger partial charge < -0.3 is 15.4 Å². The zero-order chi connectivity index (χ0) is 18.4. The number of anilines is 1. The maximum absolute atomic E-state index is 10.5. The van der Waals surface area contributed by atoms with Crippen molar-refractivity contribution in [2.24, 2.45) is 0 Å². The maximum Gasteiger partial charge on any atom is 0.229 e. The van der Waals surface area contributed by atoms with Gasteiger partial charge in [-0.05, 0) is 52.3 Å². The number of ether oxygens (including phenoxy) is 1. The van der Waals surface area contributed by atoms with Crippen molar-refractivity contribution in [2.75, 3.05) is 25.5 Å². The van der Waals surface area contributed by atoms with Gasteiger partial charge in [0.2, 0.25) is 5.88 Å². The van der Waals surface area contributed by atoms with E-state index in [0.29, 0.717) is 17.9 Å². The van der Waals surface area contributed by atoms with E-state index >= 15 is 0 Å². The molecular formula is C18H18BrN5O2. The Kier molecular flexibility index (Phi) is 6.08. The number of nitrogens with one attached hydrogen (secondary N) is 2. The molecule has 3 aromatic heterocycles. The summed E-state index contributed by atoms with van der Waals surface area (Å²) < 4.78 is 6.32. The van der Waals surface area contributed by atoms with Gasteiger partial charge in [0.25, 0.3) is 0 Å². The minimum absolute atomic E-state index is 0.167. The number of fused-ring (bicyclic) bond motifs is 1. The SMILES string of the molecule is CNc1ccc2cccnc2n1.O=Cc1ccc(Br)c(OC2CNC2)n1. The molecule has 8 heteroatoms. The van der Waals surface area contributed by atoms with Crippen molar-refractivity contribution in [3.63, 3.8) is 0 Å². The molecule has 3 aromatic rings. The van der Waals surface area contributed by atoms with Crippen molar-refractivity contribution in [1.82, 2.24) is 20.3 Å². The number of carbonyl (C=O) groups excluding carboxylic acids is 1. The molecule has 0 aromatic carbocycles. The van der Waals surface area contributed by atoms with Gasteiger partial charge in [0, 0.05) is 31.7 Å². The average molecular weight is 416 g/mol. The van der Waals surface area contributed by atoms with Crippen LogP contribution in [0.5, 0.6) is 5.88 Å². The minimum atomic E-state index is 0.167. The highest BCUT2D eigenvalue weighted by molar-refractivity contribution is 9.10. The van der Waals surface area contributed by atoms with E-state index in [1.54, 1.807) is 18.3 Å². The van der Waals surface area contributed by atoms with Crippen LogP contribution in [0.4, 0.5) is 5.82 Å². The molecule has 1 fully saturated rings. The van der Waals surface area contributed by atoms with Gasteiger partial charge in [0.15, 0.2) is 11.9 Å². The third-order valence-corrected chi connectivity index (χ3v) is 4.30. The van der Waals surface area contributed by atoms with Gasteiger partial charge in [-0.1, -0.05) is 0 Å². The lowest BCUT2D eigenvalue weighted by Crippen LogP contribution is -2.50. The third-order valence-electron chi connectivity index (χ3n) is 3.70. The first-order chi connectivity index (χ1) is 12.7. The summed E-state index contributed by atoms with van der Waals surface area (Å²) in [5.74, 6) is 1.34. The molecule has 26 heavy (non-hydrogen) atoms. The molecule has 0 amide bonds. The van der Waals surface area contributed by atoms with Crippen molar-refractivity contribution >= 4 is 39.1 Å². The summed E-state index contributed by atoms with van der Waals surface area (Å²) in [7, 11) is 1.84. The van der Waals surface area contributed by atoms with E-state index < -0.39 is 0 Å². The van der Waals surface area contributed by atoms with E-state index in [9.17, 15) is 4.79 Å². The zero-order valence-corrected chi connectivity index (χ0v) is 15.7. The fourth-order valence-corrected chi connectivity index (χ4v) is 2.50. The van der Waals surface area contributed by atoms with Crippen LogP contribution >= 0.6 is 15.9 Å². The largest absolute Gasteiger partial charge is 0.471 e. The normalized spacial score (nSPS) is 13.3. The van der Waals surface area contributed by atoms with Crippen LogP contribution in [0.15, 0.2) is 47.1 Å². The fourth-order valence-electron chi connectivity index (χ4n) is 2.18. The monoisotopic (exact) mass is 415 g/mol. The lowest BCUT2D eigenvalue weighted by atomic mass is 10.2. The summed E-state index contributed by atoms with van der Waals surface area (Å²) in [4.78, 5) is 23.0. The summed E-state index contributed by atoms with van der Waals surface area (Å²) in [5, 5.41) is 7.13. The van der Waals surface area contributed by atoms with Crippen molar-refractivity contribution in [3.8, 4) is 5.88 Å². The van der Waals surface area contributed by atoms with E-state index in [-0.39, 0.29) is 6.10 Å². The topological polar surface area (TPSA) is 89.0 Å². The predicted molar refractivity (Wildman–Crippen MR) is 104 cm³/mol. The average Bonchev–Trinajstić information content (AvgIpc) is 2.66. The molecular weight excluding hydrogens is 398 g/mol. The number of hydrogen-bond acceptors (Lipinski definition) is 7. The molecule has 0 bridgehead atoms. The van der Waals surface area contributed by atoms with Crippen LogP contribution in [0.1, 0.15) is 10.5 Å². The smallest absolute Gasteiger partial charge is 0.229 e. The van der Waals surface area contributed by atoms with Crippen LogP contribution in [-0.2, 0) is 0 Å². The Labute approximate surface area is 159 Å². The molecule has 0 radical (unpaired) electrons. The quantitative estimate of drug-likeness (QED) is 0.633. The molecule has 4 rings (SSSR count). The number of pyridine rings is 3. The van der Waals surface area contributed by atoms with Crippen LogP contribution in [-0.4, -0.2) is 47.5 Å². The van der Waals surface area contributed by atoms with Gasteiger partial charge in [0.05, 0.1) is 4.47 Å². The van der Waals surface area contributed by atoms with Gasteiger partial charge in [-0.15, -0.1) is 0 Å². The number of nitrogens with zero attached hydrogens (tertiary/aromatic N) is 3. The second kappa shape index (κ2) is 8.68. The number of carbonyl (C=O) groups is 1. The van der Waals surface area contributed by atoms with Crippen molar-refractivity contribution in [1.29, 1.82) is 0 Å². The van der Waals surface area contributed by atoms with Crippen LogP contribution < -0.4 is 15.4 Å². The van der Waals surface area contributed by atoms with E-state index in [4.69, 9.17) is 4.74 Å². The second-order valence-corrected chi connectivity index (χ2v) is 6.39. The van der Waals surface area contributed by atoms with E-state index in [1.807, 2.05) is 31.3 Å². The summed E-state index contributed by atoms with van der Waals surface area (Å²) in [5.41, 5.74) is 1.17. The predicted octanol–water partition coefficient (Wildman–Crippen LogP) is 2.68. The molecule has 7 nitrogen and oxygen atoms in total. The molecule has 0 unspecified atom stereocenters. The summed E-state index contributed by atoms with van der Waals surface area (Å²) >= 11 is 3.32. The first-order valence-electron chi connectivity index (χ1n) is 8.08. The second-order valence-electron chi connectivity index (χ2n) is 5.54. The van der Waals surface area contributed by atoms with Crippen LogP contribution in [0, 0.1) is 0 Å². The van der Waals surface area contributed by atoms with E-state index in [0.717, 1.165) is 34.4 Å². The molecule has 1 saturated heterocycles. The van der Waals surface area contributed by atoms with Crippen LogP contribution in [0.25, 0.3) is 11.0 Å². The van der Waals surface area contributed by atoms with E-state index in [1.165, 1.54) is 0 Å². The minimum Gasteiger partial charge on any atom is -0.471 e. The Morgan fingerprint density at radius 1 is 1.23 bits per heavy atom. The number of rotatable bonds is 4. The van der Waals surface area contributed by atoms with Gasteiger partial charge in [-0.25, -0.2) is 15.0 Å². The summed E-state index contributed by atoms with van der Waals surface area (Å²) in [6, 6.07) is 11.2. The number of hydrogen-bond donors (Lipinski definition) is 2. The Balaban J connectivity index is 0.000000152. The Bertz CT molecular complexity index is 902. The first-order valence-corrected chi connectivity index (χ1v) is 8.87. The van der Waals surface area contributed by atoms with Gasteiger partial charge in [-0.3, -0.25) is 4.79 Å². The molecule has 4 heterocycles.